The van der Waals surface area contributed by atoms with Crippen molar-refractivity contribution in [2.75, 3.05) is 17.2 Å². The zero-order valence-corrected chi connectivity index (χ0v) is 19.6. The zero-order chi connectivity index (χ0) is 24.3. The van der Waals surface area contributed by atoms with Crippen LogP contribution in [0.5, 0.6) is 0 Å². The quantitative estimate of drug-likeness (QED) is 0.413. The van der Waals surface area contributed by atoms with Gasteiger partial charge in [0, 0.05) is 25.5 Å². The number of benzene rings is 1. The lowest BCUT2D eigenvalue weighted by Gasteiger charge is -2.42. The fourth-order valence-electron chi connectivity index (χ4n) is 4.64. The molecule has 1 aliphatic heterocycles. The largest absolute Gasteiger partial charge is 0.368 e. The first-order valence-corrected chi connectivity index (χ1v) is 11.6. The molecular weight excluding hydrogens is 468 g/mol. The molecule has 176 valence electrons. The van der Waals surface area contributed by atoms with Crippen molar-refractivity contribution in [3.8, 4) is 5.69 Å². The third-order valence-electron chi connectivity index (χ3n) is 6.43. The van der Waals surface area contributed by atoms with Crippen molar-refractivity contribution in [1.29, 1.82) is 0 Å². The number of nitrogens with two attached hydrogens (primary N) is 1. The second-order valence-corrected chi connectivity index (χ2v) is 8.77. The Morgan fingerprint density at radius 1 is 1.06 bits per heavy atom. The van der Waals surface area contributed by atoms with Crippen LogP contribution in [0.3, 0.4) is 0 Å². The molecular formula is C24H21ClN8O2. The summed E-state index contributed by atoms with van der Waals surface area (Å²) in [5.41, 5.74) is 7.01. The number of aryl methyl sites for hydroxylation is 1. The predicted octanol–water partition coefficient (Wildman–Crippen LogP) is 2.80. The molecule has 1 aliphatic rings. The van der Waals surface area contributed by atoms with E-state index in [1.165, 1.54) is 4.52 Å². The average Bonchev–Trinajstić information content (AvgIpc) is 3.20. The van der Waals surface area contributed by atoms with Crippen LogP contribution >= 0.6 is 11.6 Å². The summed E-state index contributed by atoms with van der Waals surface area (Å²) in [6.45, 7) is 3.03. The highest BCUT2D eigenvalue weighted by atomic mass is 35.5. The lowest BCUT2D eigenvalue weighted by Crippen LogP contribution is -2.45. The number of fused-ring (bicyclic) bond motifs is 2. The van der Waals surface area contributed by atoms with Gasteiger partial charge >= 0.3 is 0 Å². The van der Waals surface area contributed by atoms with Crippen molar-refractivity contribution in [2.24, 2.45) is 0 Å². The number of anilines is 2. The molecule has 4 aromatic heterocycles. The highest BCUT2D eigenvalue weighted by Gasteiger charge is 2.37. The summed E-state index contributed by atoms with van der Waals surface area (Å²) in [6.07, 6.45) is 4.08. The number of nitrogens with zero attached hydrogens (tertiary/aromatic N) is 7. The van der Waals surface area contributed by atoms with Crippen LogP contribution in [0.4, 0.5) is 11.8 Å². The van der Waals surface area contributed by atoms with E-state index in [0.29, 0.717) is 58.3 Å². The van der Waals surface area contributed by atoms with Crippen LogP contribution in [0.1, 0.15) is 25.2 Å². The van der Waals surface area contributed by atoms with Crippen LogP contribution in [-0.4, -0.2) is 35.3 Å². The maximum Gasteiger partial charge on any atom is 0.284 e. The van der Waals surface area contributed by atoms with Crippen LogP contribution in [0.2, 0.25) is 5.02 Å². The molecule has 0 bridgehead atoms. The lowest BCUT2D eigenvalue weighted by molar-refractivity contribution is 0.424. The van der Waals surface area contributed by atoms with E-state index in [-0.39, 0.29) is 23.1 Å². The Kier molecular flexibility index (Phi) is 4.85. The molecule has 0 saturated carbocycles. The molecule has 2 N–H and O–H groups in total. The van der Waals surface area contributed by atoms with Crippen LogP contribution in [-0.2, 0) is 6.54 Å². The van der Waals surface area contributed by atoms with Gasteiger partial charge < -0.3 is 15.2 Å². The van der Waals surface area contributed by atoms with Crippen molar-refractivity contribution >= 4 is 39.8 Å². The molecule has 0 aliphatic carbocycles. The van der Waals surface area contributed by atoms with E-state index in [0.717, 1.165) is 0 Å². The summed E-state index contributed by atoms with van der Waals surface area (Å²) in [5, 5.41) is 5.51. The summed E-state index contributed by atoms with van der Waals surface area (Å²) in [4.78, 5) is 37.5. The van der Waals surface area contributed by atoms with Crippen molar-refractivity contribution in [3.05, 3.63) is 86.4 Å². The Balaban J connectivity index is 1.59. The third-order valence-corrected chi connectivity index (χ3v) is 6.73. The highest BCUT2D eigenvalue weighted by molar-refractivity contribution is 6.33. The predicted molar refractivity (Wildman–Crippen MR) is 134 cm³/mol. The van der Waals surface area contributed by atoms with Gasteiger partial charge in [-0.3, -0.25) is 14.2 Å². The van der Waals surface area contributed by atoms with Gasteiger partial charge in [0.05, 0.1) is 22.3 Å². The van der Waals surface area contributed by atoms with Crippen molar-refractivity contribution < 1.29 is 0 Å². The van der Waals surface area contributed by atoms with E-state index in [2.05, 4.69) is 9.97 Å². The number of hydrogen-bond donors (Lipinski definition) is 1. The first-order valence-electron chi connectivity index (χ1n) is 11.3. The van der Waals surface area contributed by atoms with Crippen LogP contribution in [0.15, 0.2) is 64.4 Å². The lowest BCUT2D eigenvalue weighted by atomic mass is 10.0. The van der Waals surface area contributed by atoms with Gasteiger partial charge in [0.25, 0.3) is 11.1 Å². The van der Waals surface area contributed by atoms with E-state index in [4.69, 9.17) is 22.4 Å². The number of aromatic nitrogens is 6. The Morgan fingerprint density at radius 2 is 1.86 bits per heavy atom. The van der Waals surface area contributed by atoms with E-state index in [9.17, 15) is 9.59 Å². The molecule has 1 saturated heterocycles. The smallest absolute Gasteiger partial charge is 0.284 e. The maximum atomic E-state index is 13.6. The molecule has 0 unspecified atom stereocenters. The van der Waals surface area contributed by atoms with Gasteiger partial charge in [-0.2, -0.15) is 10.1 Å². The summed E-state index contributed by atoms with van der Waals surface area (Å²) >= 11 is 6.32. The fourth-order valence-corrected chi connectivity index (χ4v) is 4.86. The van der Waals surface area contributed by atoms with Gasteiger partial charge in [-0.05, 0) is 37.6 Å². The third kappa shape index (κ3) is 3.21. The maximum absolute atomic E-state index is 13.6. The van der Waals surface area contributed by atoms with Gasteiger partial charge in [-0.15, -0.1) is 0 Å². The molecule has 5 heterocycles. The molecule has 5 aromatic rings. The SMILES string of the molecule is CCn1ccc2nc(N)nc(N3CC[C@H]3c3nn4ccc(Cl)c4c(=O)n3-c3ccccc3)c2c1=O. The minimum Gasteiger partial charge on any atom is -0.368 e. The summed E-state index contributed by atoms with van der Waals surface area (Å²) < 4.78 is 4.69. The number of halogens is 1. The number of para-hydroxylation sites is 1. The molecule has 6 rings (SSSR count). The van der Waals surface area contributed by atoms with Gasteiger partial charge in [-0.1, -0.05) is 29.8 Å². The normalized spacial score (nSPS) is 15.6. The van der Waals surface area contributed by atoms with Gasteiger partial charge in [0.1, 0.15) is 16.7 Å². The molecule has 1 atom stereocenters. The number of hydrogen-bond acceptors (Lipinski definition) is 7. The van der Waals surface area contributed by atoms with Gasteiger partial charge in [-0.25, -0.2) is 9.50 Å². The van der Waals surface area contributed by atoms with Crippen LogP contribution in [0, 0.1) is 0 Å². The molecule has 0 spiro atoms. The fraction of sp³-hybridized carbons (Fsp3) is 0.208. The Labute approximate surface area is 203 Å². The molecule has 10 nitrogen and oxygen atoms in total. The number of rotatable bonds is 4. The Morgan fingerprint density at radius 3 is 2.57 bits per heavy atom. The Bertz CT molecular complexity index is 1720. The second kappa shape index (κ2) is 7.95. The summed E-state index contributed by atoms with van der Waals surface area (Å²) in [5.74, 6) is 1.04. The monoisotopic (exact) mass is 488 g/mol. The minimum absolute atomic E-state index is 0.0767. The first kappa shape index (κ1) is 21.4. The first-order chi connectivity index (χ1) is 17.0. The molecule has 11 heteroatoms. The Hall–Kier alpha value is -4.18. The minimum atomic E-state index is -0.319. The van der Waals surface area contributed by atoms with E-state index in [1.807, 2.05) is 42.2 Å². The van der Waals surface area contributed by atoms with E-state index >= 15 is 0 Å². The number of nitrogen functional groups attached to an aromatic ring is 1. The van der Waals surface area contributed by atoms with E-state index in [1.54, 1.807) is 33.7 Å². The highest BCUT2D eigenvalue weighted by Crippen LogP contribution is 2.38. The summed E-state index contributed by atoms with van der Waals surface area (Å²) in [7, 11) is 0. The molecule has 0 amide bonds. The van der Waals surface area contributed by atoms with Crippen LogP contribution < -0.4 is 21.8 Å². The molecule has 1 aromatic carbocycles. The molecule has 0 radical (unpaired) electrons. The number of pyridine rings is 1. The second-order valence-electron chi connectivity index (χ2n) is 8.36. The van der Waals surface area contributed by atoms with Crippen LogP contribution in [0.25, 0.3) is 22.1 Å². The average molecular weight is 489 g/mol. The molecule has 35 heavy (non-hydrogen) atoms. The van der Waals surface area contributed by atoms with Crippen molar-refractivity contribution in [1.82, 2.24) is 28.7 Å². The topological polar surface area (TPSA) is 116 Å². The molecule has 1 fully saturated rings. The zero-order valence-electron chi connectivity index (χ0n) is 18.8. The van der Waals surface area contributed by atoms with E-state index < -0.39 is 0 Å². The van der Waals surface area contributed by atoms with Gasteiger partial charge in [0.15, 0.2) is 5.82 Å². The summed E-state index contributed by atoms with van der Waals surface area (Å²) in [6, 6.07) is 12.4. The van der Waals surface area contributed by atoms with Gasteiger partial charge in [0.2, 0.25) is 5.95 Å². The van der Waals surface area contributed by atoms with Crippen molar-refractivity contribution in [3.63, 3.8) is 0 Å². The van der Waals surface area contributed by atoms with Crippen molar-refractivity contribution in [2.45, 2.75) is 25.9 Å². The standard InChI is InChI=1S/C24H21ClN8O2/c1-2-30-11-9-16-18(22(30)34)21(28-24(26)27-16)31-12-10-17(31)20-29-32-13-8-15(25)19(32)23(35)33(20)14-6-4-3-5-7-14/h3-9,11,13,17H,2,10,12H2,1H3,(H2,26,27,28)/t17-/m0/s1.